The van der Waals surface area contributed by atoms with E-state index in [4.69, 9.17) is 14.6 Å². The molecule has 0 bridgehead atoms. The zero-order chi connectivity index (χ0) is 15.9. The van der Waals surface area contributed by atoms with Crippen molar-refractivity contribution in [2.75, 3.05) is 26.6 Å². The van der Waals surface area contributed by atoms with Crippen LogP contribution in [0.3, 0.4) is 0 Å². The molecule has 1 aromatic carbocycles. The summed E-state index contributed by atoms with van der Waals surface area (Å²) in [6.07, 6.45) is 0. The largest absolute Gasteiger partial charge is 0.497 e. The highest BCUT2D eigenvalue weighted by Gasteiger charge is 2.34. The molecule has 0 heterocycles. The van der Waals surface area contributed by atoms with E-state index in [2.05, 4.69) is 5.32 Å². The number of carbonyl (C=O) groups is 2. The minimum atomic E-state index is -1.42. The molecule has 0 aliphatic carbocycles. The first-order chi connectivity index (χ1) is 9.91. The number of hydrogen-bond donors (Lipinski definition) is 2. The highest BCUT2D eigenvalue weighted by Crippen LogP contribution is 2.21. The Labute approximate surface area is 127 Å². The molecule has 21 heavy (non-hydrogen) atoms. The lowest BCUT2D eigenvalue weighted by molar-refractivity contribution is -0.148. The predicted octanol–water partition coefficient (Wildman–Crippen LogP) is 1.39. The Balaban J connectivity index is 2.54. The molecule has 0 radical (unpaired) electrons. The van der Waals surface area contributed by atoms with Gasteiger partial charge in [0.25, 0.3) is 0 Å². The summed E-state index contributed by atoms with van der Waals surface area (Å²) in [5.74, 6) is -0.633. The Bertz CT molecular complexity index is 491. The van der Waals surface area contributed by atoms with Crippen molar-refractivity contribution in [3.8, 4) is 5.75 Å². The van der Waals surface area contributed by atoms with Crippen LogP contribution in [0.4, 0.5) is 0 Å². The topological polar surface area (TPSA) is 84.9 Å². The number of rotatable bonds is 8. The Kier molecular flexibility index (Phi) is 6.51. The maximum atomic E-state index is 11.9. The number of hydrogen-bond acceptors (Lipinski definition) is 5. The van der Waals surface area contributed by atoms with Crippen LogP contribution in [0.1, 0.15) is 6.92 Å². The van der Waals surface area contributed by atoms with Gasteiger partial charge in [0.05, 0.1) is 19.5 Å². The number of thioether (sulfide) groups is 1. The number of ether oxygens (including phenoxy) is 2. The molecule has 0 aliphatic rings. The van der Waals surface area contributed by atoms with Crippen molar-refractivity contribution in [1.82, 2.24) is 5.32 Å². The molecule has 1 amide bonds. The monoisotopic (exact) mass is 313 g/mol. The lowest BCUT2D eigenvalue weighted by Crippen LogP contribution is -2.55. The fraction of sp³-hybridized carbons (Fsp3) is 0.429. The van der Waals surface area contributed by atoms with Crippen LogP contribution >= 0.6 is 11.8 Å². The van der Waals surface area contributed by atoms with Crippen LogP contribution in [-0.2, 0) is 14.3 Å². The van der Waals surface area contributed by atoms with Crippen molar-refractivity contribution in [1.29, 1.82) is 0 Å². The number of carboxylic acid groups (broad SMARTS) is 1. The number of carbonyl (C=O) groups excluding carboxylic acids is 1. The van der Waals surface area contributed by atoms with Gasteiger partial charge in [0.1, 0.15) is 5.75 Å². The van der Waals surface area contributed by atoms with Gasteiger partial charge < -0.3 is 19.9 Å². The molecule has 116 valence electrons. The SMILES string of the molecule is COCC(C)(NC(=O)CSc1ccc(OC)cc1)C(=O)O. The van der Waals surface area contributed by atoms with Crippen LogP contribution in [0.15, 0.2) is 29.2 Å². The summed E-state index contributed by atoms with van der Waals surface area (Å²) in [4.78, 5) is 23.9. The minimum Gasteiger partial charge on any atom is -0.497 e. The fourth-order valence-electron chi connectivity index (χ4n) is 1.60. The highest BCUT2D eigenvalue weighted by atomic mass is 32.2. The molecule has 0 saturated heterocycles. The van der Waals surface area contributed by atoms with Gasteiger partial charge in [0, 0.05) is 12.0 Å². The molecular formula is C14H19NO5S. The summed E-state index contributed by atoms with van der Waals surface area (Å²) in [5.41, 5.74) is -1.42. The van der Waals surface area contributed by atoms with Crippen molar-refractivity contribution in [2.45, 2.75) is 17.4 Å². The van der Waals surface area contributed by atoms with Crippen LogP contribution in [0.2, 0.25) is 0 Å². The first kappa shape index (κ1) is 17.3. The molecule has 7 heteroatoms. The van der Waals surface area contributed by atoms with Crippen LogP contribution in [-0.4, -0.2) is 49.1 Å². The zero-order valence-electron chi connectivity index (χ0n) is 12.2. The molecule has 0 fully saturated rings. The van der Waals surface area contributed by atoms with Gasteiger partial charge in [-0.1, -0.05) is 0 Å². The highest BCUT2D eigenvalue weighted by molar-refractivity contribution is 8.00. The number of methoxy groups -OCH3 is 2. The Morgan fingerprint density at radius 3 is 2.38 bits per heavy atom. The quantitative estimate of drug-likeness (QED) is 0.706. The minimum absolute atomic E-state index is 0.0960. The molecular weight excluding hydrogens is 294 g/mol. The third-order valence-corrected chi connectivity index (χ3v) is 3.76. The van der Waals surface area contributed by atoms with Crippen molar-refractivity contribution in [2.24, 2.45) is 0 Å². The van der Waals surface area contributed by atoms with Crippen LogP contribution in [0, 0.1) is 0 Å². The molecule has 0 spiro atoms. The number of carboxylic acids is 1. The van der Waals surface area contributed by atoms with E-state index in [0.717, 1.165) is 10.6 Å². The van der Waals surface area contributed by atoms with Crippen LogP contribution < -0.4 is 10.1 Å². The van der Waals surface area contributed by atoms with E-state index in [1.165, 1.54) is 25.8 Å². The summed E-state index contributed by atoms with van der Waals surface area (Å²) >= 11 is 1.32. The lowest BCUT2D eigenvalue weighted by atomic mass is 10.0. The van der Waals surface area contributed by atoms with Gasteiger partial charge in [-0.25, -0.2) is 4.79 Å². The summed E-state index contributed by atoms with van der Waals surface area (Å²) < 4.78 is 9.89. The van der Waals surface area contributed by atoms with Gasteiger partial charge in [0.15, 0.2) is 5.54 Å². The molecule has 0 saturated carbocycles. The molecule has 2 N–H and O–H groups in total. The number of nitrogens with one attached hydrogen (secondary N) is 1. The maximum Gasteiger partial charge on any atom is 0.331 e. The molecule has 1 rings (SSSR count). The van der Waals surface area contributed by atoms with Gasteiger partial charge in [-0.05, 0) is 31.2 Å². The standard InChI is InChI=1S/C14H19NO5S/c1-14(9-19-2,13(17)18)15-12(16)8-21-11-6-4-10(20-3)5-7-11/h4-7H,8-9H2,1-3H3,(H,15,16)(H,17,18). The van der Waals surface area contributed by atoms with Crippen LogP contribution in [0.25, 0.3) is 0 Å². The molecule has 0 aliphatic heterocycles. The number of amides is 1. The van der Waals surface area contributed by atoms with Gasteiger partial charge in [-0.3, -0.25) is 4.79 Å². The first-order valence-corrected chi connectivity index (χ1v) is 7.20. The summed E-state index contributed by atoms with van der Waals surface area (Å²) in [6.45, 7) is 1.32. The molecule has 6 nitrogen and oxygen atoms in total. The van der Waals surface area contributed by atoms with E-state index in [0.29, 0.717) is 0 Å². The van der Waals surface area contributed by atoms with Crippen molar-refractivity contribution in [3.05, 3.63) is 24.3 Å². The molecule has 1 aromatic rings. The van der Waals surface area contributed by atoms with Gasteiger partial charge in [0.2, 0.25) is 5.91 Å². The second kappa shape index (κ2) is 7.90. The predicted molar refractivity (Wildman–Crippen MR) is 79.8 cm³/mol. The van der Waals surface area contributed by atoms with Crippen molar-refractivity contribution >= 4 is 23.6 Å². The van der Waals surface area contributed by atoms with E-state index in [-0.39, 0.29) is 18.3 Å². The summed E-state index contributed by atoms with van der Waals surface area (Å²) in [6, 6.07) is 7.27. The number of benzene rings is 1. The first-order valence-electron chi connectivity index (χ1n) is 6.21. The molecule has 1 atom stereocenters. The average molecular weight is 313 g/mol. The Morgan fingerprint density at radius 2 is 1.90 bits per heavy atom. The third kappa shape index (κ3) is 5.28. The smallest absolute Gasteiger partial charge is 0.331 e. The van der Waals surface area contributed by atoms with E-state index >= 15 is 0 Å². The third-order valence-electron chi connectivity index (χ3n) is 2.75. The normalized spacial score (nSPS) is 13.3. The van der Waals surface area contributed by atoms with E-state index < -0.39 is 11.5 Å². The second-order valence-electron chi connectivity index (χ2n) is 4.58. The van der Waals surface area contributed by atoms with Crippen molar-refractivity contribution < 1.29 is 24.2 Å². The van der Waals surface area contributed by atoms with Crippen molar-refractivity contribution in [3.63, 3.8) is 0 Å². The van der Waals surface area contributed by atoms with E-state index in [1.54, 1.807) is 19.2 Å². The molecule has 1 unspecified atom stereocenters. The average Bonchev–Trinajstić information content (AvgIpc) is 2.45. The summed E-state index contributed by atoms with van der Waals surface area (Å²) in [5, 5.41) is 11.6. The zero-order valence-corrected chi connectivity index (χ0v) is 13.0. The second-order valence-corrected chi connectivity index (χ2v) is 5.63. The fourth-order valence-corrected chi connectivity index (χ4v) is 2.30. The Hall–Kier alpha value is -1.73. The van der Waals surface area contributed by atoms with Gasteiger partial charge >= 0.3 is 5.97 Å². The lowest BCUT2D eigenvalue weighted by Gasteiger charge is -2.25. The Morgan fingerprint density at radius 1 is 1.29 bits per heavy atom. The maximum absolute atomic E-state index is 11.9. The van der Waals surface area contributed by atoms with E-state index in [9.17, 15) is 9.59 Å². The summed E-state index contributed by atoms with van der Waals surface area (Å²) in [7, 11) is 2.97. The van der Waals surface area contributed by atoms with Crippen LogP contribution in [0.5, 0.6) is 5.75 Å². The molecule has 0 aromatic heterocycles. The van der Waals surface area contributed by atoms with E-state index in [1.807, 2.05) is 12.1 Å². The van der Waals surface area contributed by atoms with Gasteiger partial charge in [-0.15, -0.1) is 11.8 Å². The van der Waals surface area contributed by atoms with Gasteiger partial charge in [-0.2, -0.15) is 0 Å². The number of aliphatic carboxylic acids is 1.